The summed E-state index contributed by atoms with van der Waals surface area (Å²) in [6.45, 7) is 0.851. The Labute approximate surface area is 60.4 Å². The van der Waals surface area contributed by atoms with Crippen molar-refractivity contribution in [3.63, 3.8) is 0 Å². The fourth-order valence-electron chi connectivity index (χ4n) is 1.17. The Morgan fingerprint density at radius 1 is 1.40 bits per heavy atom. The van der Waals surface area contributed by atoms with Crippen LogP contribution < -0.4 is 0 Å². The molecule has 1 aliphatic heterocycles. The molecule has 0 atom stereocenters. The molecule has 2 rings (SSSR count). The molecule has 0 aliphatic carbocycles. The van der Waals surface area contributed by atoms with E-state index in [9.17, 15) is 0 Å². The molecule has 0 bridgehead atoms. The quantitative estimate of drug-likeness (QED) is 0.506. The van der Waals surface area contributed by atoms with Crippen LogP contribution in [0, 0.1) is 6.07 Å². The molecule has 1 nitrogen and oxygen atoms in total. The number of hydrogen-bond donors (Lipinski definition) is 0. The van der Waals surface area contributed by atoms with Crippen LogP contribution in [0.3, 0.4) is 0 Å². The largest absolute Gasteiger partial charge is 0.292 e. The van der Waals surface area contributed by atoms with Crippen molar-refractivity contribution in [2.45, 2.75) is 13.0 Å². The fraction of sp³-hybridized carbons (Fsp3) is 0.222. The molecule has 49 valence electrons. The van der Waals surface area contributed by atoms with Gasteiger partial charge in [0.15, 0.2) is 0 Å². The smallest absolute Gasteiger partial charge is 0.0638 e. The van der Waals surface area contributed by atoms with Gasteiger partial charge in [-0.05, 0) is 17.2 Å². The number of aliphatic imine (C=N–C) groups is 1. The highest BCUT2D eigenvalue weighted by Gasteiger charge is 2.01. The van der Waals surface area contributed by atoms with Crippen molar-refractivity contribution < 1.29 is 0 Å². The van der Waals surface area contributed by atoms with E-state index < -0.39 is 0 Å². The summed E-state index contributed by atoms with van der Waals surface area (Å²) in [6, 6.07) is 9.13. The predicted octanol–water partition coefficient (Wildman–Crippen LogP) is 1.61. The van der Waals surface area contributed by atoms with E-state index in [0.717, 1.165) is 13.0 Å². The Bertz CT molecular complexity index is 236. The van der Waals surface area contributed by atoms with Crippen LogP contribution in [-0.4, -0.2) is 6.21 Å². The van der Waals surface area contributed by atoms with E-state index in [1.54, 1.807) is 0 Å². The van der Waals surface area contributed by atoms with Gasteiger partial charge in [-0.25, -0.2) is 0 Å². The zero-order chi connectivity index (χ0) is 6.81. The van der Waals surface area contributed by atoms with Crippen LogP contribution in [0.25, 0.3) is 0 Å². The monoisotopic (exact) mass is 130 g/mol. The molecule has 1 aliphatic rings. The fourth-order valence-corrected chi connectivity index (χ4v) is 1.17. The van der Waals surface area contributed by atoms with Crippen molar-refractivity contribution in [2.24, 2.45) is 4.99 Å². The molecular formula is C9H8N. The highest BCUT2D eigenvalue weighted by molar-refractivity contribution is 5.64. The molecule has 0 N–H and O–H groups in total. The molecule has 0 fully saturated rings. The topological polar surface area (TPSA) is 12.4 Å². The first-order valence-corrected chi connectivity index (χ1v) is 3.43. The van der Waals surface area contributed by atoms with Crippen LogP contribution in [0.4, 0.5) is 0 Å². The molecule has 1 heterocycles. The van der Waals surface area contributed by atoms with Crippen LogP contribution in [-0.2, 0) is 13.0 Å². The SMILES string of the molecule is [c]1ccc2c(c1)CC=NC2. The van der Waals surface area contributed by atoms with Gasteiger partial charge in [0.25, 0.3) is 0 Å². The maximum Gasteiger partial charge on any atom is 0.0638 e. The Balaban J connectivity index is 2.47. The lowest BCUT2D eigenvalue weighted by atomic mass is 10.0. The Morgan fingerprint density at radius 3 is 3.30 bits per heavy atom. The molecule has 0 spiro atoms. The predicted molar refractivity (Wildman–Crippen MR) is 41.2 cm³/mol. The minimum atomic E-state index is 0.851. The molecular weight excluding hydrogens is 122 g/mol. The van der Waals surface area contributed by atoms with Gasteiger partial charge in [-0.2, -0.15) is 0 Å². The van der Waals surface area contributed by atoms with Crippen LogP contribution in [0.5, 0.6) is 0 Å². The number of fused-ring (bicyclic) bond motifs is 1. The lowest BCUT2D eigenvalue weighted by molar-refractivity contribution is 1.00. The Hall–Kier alpha value is -1.11. The van der Waals surface area contributed by atoms with Gasteiger partial charge in [0, 0.05) is 12.6 Å². The van der Waals surface area contributed by atoms with E-state index in [1.807, 2.05) is 18.3 Å². The minimum Gasteiger partial charge on any atom is -0.292 e. The summed E-state index contributed by atoms with van der Waals surface area (Å²) in [5.41, 5.74) is 2.72. The number of nitrogens with zero attached hydrogens (tertiary/aromatic N) is 1. The van der Waals surface area contributed by atoms with Gasteiger partial charge in [-0.1, -0.05) is 18.2 Å². The van der Waals surface area contributed by atoms with Gasteiger partial charge in [0.2, 0.25) is 0 Å². The molecule has 10 heavy (non-hydrogen) atoms. The van der Waals surface area contributed by atoms with Crippen LogP contribution in [0.15, 0.2) is 23.2 Å². The molecule has 0 unspecified atom stereocenters. The summed E-state index contributed by atoms with van der Waals surface area (Å²) in [5, 5.41) is 0. The second kappa shape index (κ2) is 2.25. The van der Waals surface area contributed by atoms with Crippen molar-refractivity contribution in [3.05, 3.63) is 35.4 Å². The lowest BCUT2D eigenvalue weighted by Gasteiger charge is -2.07. The van der Waals surface area contributed by atoms with E-state index >= 15 is 0 Å². The van der Waals surface area contributed by atoms with E-state index in [1.165, 1.54) is 11.1 Å². The van der Waals surface area contributed by atoms with Crippen molar-refractivity contribution in [3.8, 4) is 0 Å². The van der Waals surface area contributed by atoms with Gasteiger partial charge >= 0.3 is 0 Å². The van der Waals surface area contributed by atoms with Gasteiger partial charge in [-0.15, -0.1) is 0 Å². The minimum absolute atomic E-state index is 0.851. The van der Waals surface area contributed by atoms with Gasteiger partial charge in [0.05, 0.1) is 6.54 Å². The van der Waals surface area contributed by atoms with Gasteiger partial charge in [-0.3, -0.25) is 4.99 Å². The Morgan fingerprint density at radius 2 is 2.40 bits per heavy atom. The molecule has 1 aromatic rings. The van der Waals surface area contributed by atoms with E-state index in [-0.39, 0.29) is 0 Å². The number of rotatable bonds is 0. The lowest BCUT2D eigenvalue weighted by Crippen LogP contribution is -1.99. The van der Waals surface area contributed by atoms with E-state index in [4.69, 9.17) is 0 Å². The first kappa shape index (κ1) is 5.66. The molecule has 0 saturated heterocycles. The first-order chi connectivity index (χ1) is 4.97. The zero-order valence-corrected chi connectivity index (χ0v) is 5.67. The van der Waals surface area contributed by atoms with Crippen molar-refractivity contribution in [1.82, 2.24) is 0 Å². The summed E-state index contributed by atoms with van der Waals surface area (Å²) in [6.07, 6.45) is 2.95. The van der Waals surface area contributed by atoms with E-state index in [0.29, 0.717) is 0 Å². The average molecular weight is 130 g/mol. The molecule has 1 heteroatoms. The third kappa shape index (κ3) is 0.838. The number of hydrogen-bond acceptors (Lipinski definition) is 1. The first-order valence-electron chi connectivity index (χ1n) is 3.43. The van der Waals surface area contributed by atoms with Crippen molar-refractivity contribution in [2.75, 3.05) is 0 Å². The second-order valence-electron chi connectivity index (χ2n) is 2.42. The highest BCUT2D eigenvalue weighted by atomic mass is 14.7. The summed E-state index contributed by atoms with van der Waals surface area (Å²) in [7, 11) is 0. The van der Waals surface area contributed by atoms with Gasteiger partial charge in [0.1, 0.15) is 0 Å². The standard InChI is InChI=1S/C9H8N/c1-2-4-9-7-10-6-5-8(9)3-1/h2-4,6H,5,7H2. The van der Waals surface area contributed by atoms with Crippen molar-refractivity contribution >= 4 is 6.21 Å². The third-order valence-electron chi connectivity index (χ3n) is 1.75. The second-order valence-corrected chi connectivity index (χ2v) is 2.42. The maximum atomic E-state index is 4.18. The average Bonchev–Trinajstić information content (AvgIpc) is 2.05. The highest BCUT2D eigenvalue weighted by Crippen LogP contribution is 2.12. The van der Waals surface area contributed by atoms with Crippen LogP contribution >= 0.6 is 0 Å². The molecule has 0 aromatic heterocycles. The summed E-state index contributed by atoms with van der Waals surface area (Å²) < 4.78 is 0. The maximum absolute atomic E-state index is 4.18. The number of benzene rings is 1. The Kier molecular flexibility index (Phi) is 1.28. The third-order valence-corrected chi connectivity index (χ3v) is 1.75. The zero-order valence-electron chi connectivity index (χ0n) is 5.67. The molecule has 0 saturated carbocycles. The summed E-state index contributed by atoms with van der Waals surface area (Å²) >= 11 is 0. The van der Waals surface area contributed by atoms with Crippen molar-refractivity contribution in [1.29, 1.82) is 0 Å². The van der Waals surface area contributed by atoms with E-state index in [2.05, 4.69) is 17.1 Å². The van der Waals surface area contributed by atoms with Crippen LogP contribution in [0.2, 0.25) is 0 Å². The normalized spacial score (nSPS) is 14.8. The molecule has 0 amide bonds. The molecule has 1 radical (unpaired) electrons. The van der Waals surface area contributed by atoms with Gasteiger partial charge < -0.3 is 0 Å². The summed E-state index contributed by atoms with van der Waals surface area (Å²) in [4.78, 5) is 4.18. The molecule has 1 aromatic carbocycles. The van der Waals surface area contributed by atoms with Crippen LogP contribution in [0.1, 0.15) is 11.1 Å². The summed E-state index contributed by atoms with van der Waals surface area (Å²) in [5.74, 6) is 0.